The standard InChI is InChI=1S/3C10H6O8.4Sm/c3*11-7(12)3-1-4(8(13)14)6(10(17)18)2-5(3)9(15)16;;;;/h3*1-2H,(H,11,12)(H,13,14)(H,15,16)(H,17,18);;;;/q;;;4*+3/p-12. The molecule has 0 aliphatic heterocycles. The third kappa shape index (κ3) is 16.4. The smallest absolute Gasteiger partial charge is 0.545 e. The molecule has 0 aliphatic rings. The molecule has 0 bridgehead atoms. The maximum absolute atomic E-state index is 10.6. The van der Waals surface area contributed by atoms with Gasteiger partial charge in [0.1, 0.15) is 0 Å². The molecule has 3 aromatic carbocycles. The number of carboxylic acid groups (broad SMARTS) is 12. The van der Waals surface area contributed by atoms with Gasteiger partial charge >= 0.3 is 162 Å². The number of benzene rings is 3. The van der Waals surface area contributed by atoms with E-state index in [9.17, 15) is 119 Å². The first-order valence-corrected chi connectivity index (χ1v) is 12.9. The van der Waals surface area contributed by atoms with E-state index in [1.54, 1.807) is 0 Å². The summed E-state index contributed by atoms with van der Waals surface area (Å²) in [7, 11) is 0. The van der Waals surface area contributed by atoms with Crippen molar-refractivity contribution in [1.82, 2.24) is 0 Å². The van der Waals surface area contributed by atoms with Gasteiger partial charge in [-0.05, 0) is 36.4 Å². The van der Waals surface area contributed by atoms with Gasteiger partial charge in [0, 0.05) is 66.8 Å². The number of carboxylic acids is 12. The Labute approximate surface area is 448 Å². The summed E-state index contributed by atoms with van der Waals surface area (Å²) in [5.74, 6) is -24.0. The molecule has 0 spiro atoms. The van der Waals surface area contributed by atoms with Crippen molar-refractivity contribution in [3.63, 3.8) is 0 Å². The van der Waals surface area contributed by atoms with Crippen molar-refractivity contribution in [1.29, 1.82) is 0 Å². The molecule has 0 unspecified atom stereocenters. The van der Waals surface area contributed by atoms with Gasteiger partial charge in [-0.3, -0.25) is 0 Å². The van der Waals surface area contributed by atoms with Crippen LogP contribution in [0.4, 0.5) is 0 Å². The maximum Gasteiger partial charge on any atom is 3.00 e. The predicted octanol–water partition coefficient (Wildman–Crippen LogP) is -14.6. The molecule has 0 N–H and O–H groups in total. The van der Waals surface area contributed by atoms with E-state index in [4.69, 9.17) is 0 Å². The van der Waals surface area contributed by atoms with Gasteiger partial charge in [0.15, 0.2) is 0 Å². The Balaban J connectivity index is -0.000000364. The first-order chi connectivity index (χ1) is 24.8. The summed E-state index contributed by atoms with van der Waals surface area (Å²) in [6.45, 7) is 0. The van der Waals surface area contributed by atoms with Gasteiger partial charge in [-0.2, -0.15) is 0 Å². The predicted molar refractivity (Wildman–Crippen MR) is 131 cm³/mol. The van der Waals surface area contributed by atoms with Crippen LogP contribution < -0.4 is 61.3 Å². The van der Waals surface area contributed by atoms with Gasteiger partial charge < -0.3 is 119 Å². The van der Waals surface area contributed by atoms with Gasteiger partial charge in [-0.1, -0.05) is 0 Å². The fraction of sp³-hybridized carbons (Fsp3) is 0. The van der Waals surface area contributed by atoms with Crippen LogP contribution in [0.3, 0.4) is 0 Å². The minimum Gasteiger partial charge on any atom is -0.545 e. The van der Waals surface area contributed by atoms with E-state index in [1.807, 2.05) is 0 Å². The van der Waals surface area contributed by atoms with Gasteiger partial charge in [-0.15, -0.1) is 0 Å². The van der Waals surface area contributed by atoms with E-state index in [1.165, 1.54) is 0 Å². The summed E-state index contributed by atoms with van der Waals surface area (Å²) in [6.07, 6.45) is 0. The van der Waals surface area contributed by atoms with E-state index in [-0.39, 0.29) is 162 Å². The van der Waals surface area contributed by atoms with E-state index >= 15 is 0 Å². The second-order valence-corrected chi connectivity index (χ2v) is 9.28. The molecule has 58 heavy (non-hydrogen) atoms. The topological polar surface area (TPSA) is 482 Å². The number of aromatic carboxylic acids is 12. The number of carbonyl (C=O) groups excluding carboxylic acids is 12. The Kier molecular flexibility index (Phi) is 28.2. The van der Waals surface area contributed by atoms with Crippen molar-refractivity contribution in [3.8, 4) is 0 Å². The Morgan fingerprint density at radius 2 is 0.241 bits per heavy atom. The molecule has 294 valence electrons. The van der Waals surface area contributed by atoms with Crippen molar-refractivity contribution >= 4 is 71.6 Å². The van der Waals surface area contributed by atoms with Crippen LogP contribution in [-0.2, 0) is 0 Å². The zero-order valence-corrected chi connectivity index (χ0v) is 37.4. The molecular formula is C30H6O24Sm4. The molecule has 0 amide bonds. The molecule has 3 rings (SSSR count). The largest absolute Gasteiger partial charge is 3.00 e. The van der Waals surface area contributed by atoms with Crippen LogP contribution in [0.25, 0.3) is 0 Å². The second-order valence-electron chi connectivity index (χ2n) is 9.28. The minimum absolute atomic E-state index is 0. The van der Waals surface area contributed by atoms with Crippen molar-refractivity contribution in [2.24, 2.45) is 0 Å². The number of rotatable bonds is 12. The number of hydrogen-bond acceptors (Lipinski definition) is 24. The number of carbonyl (C=O) groups is 12. The molecule has 0 saturated heterocycles. The first-order valence-electron chi connectivity index (χ1n) is 12.9. The molecular weight excluding hydrogens is 1350 g/mol. The van der Waals surface area contributed by atoms with Crippen molar-refractivity contribution < 1.29 is 280 Å². The van der Waals surface area contributed by atoms with E-state index in [0.29, 0.717) is 36.4 Å². The fourth-order valence-electron chi connectivity index (χ4n) is 3.83. The zero-order chi connectivity index (χ0) is 42.1. The van der Waals surface area contributed by atoms with Crippen molar-refractivity contribution in [2.75, 3.05) is 0 Å². The van der Waals surface area contributed by atoms with Gasteiger partial charge in [0.25, 0.3) is 0 Å². The normalized spacial score (nSPS) is 9.10. The molecule has 0 aliphatic carbocycles. The van der Waals surface area contributed by atoms with Gasteiger partial charge in [0.2, 0.25) is 0 Å². The Morgan fingerprint density at radius 3 is 0.276 bits per heavy atom. The summed E-state index contributed by atoms with van der Waals surface area (Å²) in [5, 5.41) is 127. The second kappa shape index (κ2) is 26.7. The molecule has 0 saturated carbocycles. The fourth-order valence-corrected chi connectivity index (χ4v) is 3.83. The van der Waals surface area contributed by atoms with E-state index in [0.717, 1.165) is 0 Å². The van der Waals surface area contributed by atoms with E-state index in [2.05, 4.69) is 0 Å². The Bertz CT molecular complexity index is 1690. The van der Waals surface area contributed by atoms with Crippen LogP contribution in [0, 0.1) is 162 Å². The van der Waals surface area contributed by atoms with E-state index < -0.39 is 138 Å². The summed E-state index contributed by atoms with van der Waals surface area (Å²) >= 11 is 0. The average molecular weight is 1350 g/mol. The van der Waals surface area contributed by atoms with Crippen LogP contribution in [0.2, 0.25) is 0 Å². The SMILES string of the molecule is O=C([O-])c1cc(C(=O)[O-])c(C(=O)[O-])cc1C(=O)[O-].O=C([O-])c1cc(C(=O)[O-])c(C(=O)[O-])cc1C(=O)[O-].O=C([O-])c1cc(C(=O)[O-])c(C(=O)[O-])cc1C(=O)[O-].[Sm+3].[Sm+3].[Sm+3].[Sm+3]. The maximum atomic E-state index is 10.6. The molecule has 0 aromatic heterocycles. The third-order valence-electron chi connectivity index (χ3n) is 6.11. The molecule has 0 fully saturated rings. The monoisotopic (exact) mass is 1360 g/mol. The quantitative estimate of drug-likeness (QED) is 0.162. The minimum atomic E-state index is -2.00. The molecule has 0 heterocycles. The molecule has 28 heteroatoms. The molecule has 0 atom stereocenters. The summed E-state index contributed by atoms with van der Waals surface area (Å²) in [5.41, 5.74) is -12.3. The third-order valence-corrected chi connectivity index (χ3v) is 6.11. The molecule has 4 radical (unpaired) electrons. The molecule has 24 nitrogen and oxygen atoms in total. The van der Waals surface area contributed by atoms with Crippen LogP contribution >= 0.6 is 0 Å². The van der Waals surface area contributed by atoms with Crippen LogP contribution in [0.15, 0.2) is 36.4 Å². The molecule has 3 aromatic rings. The van der Waals surface area contributed by atoms with Crippen LogP contribution in [0.5, 0.6) is 0 Å². The van der Waals surface area contributed by atoms with Gasteiger partial charge in [-0.25, -0.2) is 0 Å². The Hall–Kier alpha value is -3.35. The van der Waals surface area contributed by atoms with Crippen molar-refractivity contribution in [3.05, 3.63) is 103 Å². The Morgan fingerprint density at radius 1 is 0.190 bits per heavy atom. The summed E-state index contributed by atoms with van der Waals surface area (Å²) in [4.78, 5) is 127. The number of hydrogen-bond donors (Lipinski definition) is 0. The average Bonchev–Trinajstić information content (AvgIpc) is 3.06. The van der Waals surface area contributed by atoms with Gasteiger partial charge in [0.05, 0.1) is 71.6 Å². The summed E-state index contributed by atoms with van der Waals surface area (Å²) < 4.78 is 0. The van der Waals surface area contributed by atoms with Crippen molar-refractivity contribution in [2.45, 2.75) is 0 Å². The van der Waals surface area contributed by atoms with Crippen LogP contribution in [-0.4, -0.2) is 71.6 Å². The van der Waals surface area contributed by atoms with Crippen LogP contribution in [0.1, 0.15) is 124 Å². The zero-order valence-electron chi connectivity index (χ0n) is 26.9. The summed E-state index contributed by atoms with van der Waals surface area (Å²) in [6, 6.07) is 1.84. The first kappa shape index (κ1) is 61.3.